The fourth-order valence-electron chi connectivity index (χ4n) is 4.63. The second-order valence-electron chi connectivity index (χ2n) is 9.56. The van der Waals surface area contributed by atoms with Crippen LogP contribution in [0.2, 0.25) is 5.02 Å². The third-order valence-corrected chi connectivity index (χ3v) is 7.37. The molecule has 1 fully saturated rings. The highest BCUT2D eigenvalue weighted by atomic mass is 35.5. The lowest BCUT2D eigenvalue weighted by molar-refractivity contribution is -0.133. The summed E-state index contributed by atoms with van der Waals surface area (Å²) in [6.07, 6.45) is 2.75. The lowest BCUT2D eigenvalue weighted by atomic mass is 9.87. The van der Waals surface area contributed by atoms with Crippen LogP contribution in [0.25, 0.3) is 10.9 Å². The molecular weight excluding hydrogens is 523 g/mol. The first-order valence-electron chi connectivity index (χ1n) is 12.4. The van der Waals surface area contributed by atoms with Crippen LogP contribution in [0.1, 0.15) is 29.7 Å². The van der Waals surface area contributed by atoms with Gasteiger partial charge in [-0.25, -0.2) is 9.37 Å². The number of benzene rings is 2. The Balaban J connectivity index is 1.35. The molecule has 0 atom stereocenters. The van der Waals surface area contributed by atoms with Crippen molar-refractivity contribution < 1.29 is 28.2 Å². The zero-order valence-electron chi connectivity index (χ0n) is 21.7. The topological polar surface area (TPSA) is 87.6 Å². The van der Waals surface area contributed by atoms with Gasteiger partial charge in [0.15, 0.2) is 23.1 Å². The molecule has 0 radical (unpaired) electrons. The molecule has 0 N–H and O–H groups in total. The fraction of sp³-hybridized carbons (Fsp3) is 0.267. The number of Topliss-reactive ketones (excluding diaryl/α,β-unsaturated/α-hetero) is 2. The van der Waals surface area contributed by atoms with Gasteiger partial charge in [0.25, 0.3) is 0 Å². The van der Waals surface area contributed by atoms with Crippen LogP contribution in [0.3, 0.4) is 0 Å². The molecule has 1 saturated carbocycles. The summed E-state index contributed by atoms with van der Waals surface area (Å²) in [5, 5.41) is 0.914. The predicted molar refractivity (Wildman–Crippen MR) is 144 cm³/mol. The Morgan fingerprint density at radius 1 is 0.949 bits per heavy atom. The molecule has 2 aromatic heterocycles. The molecule has 1 aliphatic rings. The van der Waals surface area contributed by atoms with E-state index in [1.807, 2.05) is 0 Å². The first kappa shape index (κ1) is 26.6. The second kappa shape index (κ2) is 10.6. The lowest BCUT2D eigenvalue weighted by Gasteiger charge is -2.16. The Kier molecular flexibility index (Phi) is 7.23. The third-order valence-electron chi connectivity index (χ3n) is 7.10. The van der Waals surface area contributed by atoms with Crippen LogP contribution in [-0.4, -0.2) is 35.8 Å². The van der Waals surface area contributed by atoms with Crippen molar-refractivity contribution in [3.63, 3.8) is 0 Å². The molecule has 4 aromatic rings. The Labute approximate surface area is 229 Å². The van der Waals surface area contributed by atoms with Crippen molar-refractivity contribution in [3.8, 4) is 23.1 Å². The number of carbonyl (C=O) groups is 2. The summed E-state index contributed by atoms with van der Waals surface area (Å²) in [5.74, 6) is 1.05. The molecule has 0 amide bonds. The minimum atomic E-state index is -1.00. The monoisotopic (exact) mass is 548 g/mol. The number of aromatic nitrogens is 2. The van der Waals surface area contributed by atoms with Crippen LogP contribution >= 0.6 is 11.6 Å². The molecule has 0 saturated heterocycles. The highest BCUT2D eigenvalue weighted by Crippen LogP contribution is 2.49. The van der Waals surface area contributed by atoms with Crippen LogP contribution in [0.15, 0.2) is 54.7 Å². The Bertz CT molecular complexity index is 1590. The van der Waals surface area contributed by atoms with E-state index >= 15 is 0 Å². The van der Waals surface area contributed by atoms with Gasteiger partial charge in [-0.05, 0) is 61.2 Å². The number of hydrogen-bond acceptors (Lipinski definition) is 7. The Hall–Kier alpha value is -4.04. The first-order chi connectivity index (χ1) is 18.7. The van der Waals surface area contributed by atoms with E-state index in [2.05, 4.69) is 9.97 Å². The van der Waals surface area contributed by atoms with E-state index in [0.717, 1.165) is 0 Å². The third kappa shape index (κ3) is 5.29. The molecule has 0 bridgehead atoms. The van der Waals surface area contributed by atoms with Crippen LogP contribution in [0.5, 0.6) is 23.1 Å². The number of fused-ring (bicyclic) bond motifs is 1. The van der Waals surface area contributed by atoms with Gasteiger partial charge in [0.05, 0.1) is 25.2 Å². The highest BCUT2D eigenvalue weighted by Gasteiger charge is 2.54. The number of hydrogen-bond donors (Lipinski definition) is 0. The van der Waals surface area contributed by atoms with E-state index in [0.29, 0.717) is 57.8 Å². The maximum Gasteiger partial charge on any atom is 0.238 e. The van der Waals surface area contributed by atoms with Gasteiger partial charge < -0.3 is 14.2 Å². The number of aryl methyl sites for hydroxylation is 1. The number of pyridine rings is 2. The second-order valence-corrected chi connectivity index (χ2v) is 9.97. The first-order valence-corrected chi connectivity index (χ1v) is 12.8. The number of nitrogens with zero attached hydrogens (tertiary/aromatic N) is 2. The number of halogens is 2. The Morgan fingerprint density at radius 2 is 1.62 bits per heavy atom. The maximum atomic E-state index is 13.3. The van der Waals surface area contributed by atoms with E-state index in [4.69, 9.17) is 25.8 Å². The van der Waals surface area contributed by atoms with E-state index in [1.165, 1.54) is 12.1 Å². The van der Waals surface area contributed by atoms with Crippen molar-refractivity contribution in [2.45, 2.75) is 32.6 Å². The fourth-order valence-corrected chi connectivity index (χ4v) is 4.84. The van der Waals surface area contributed by atoms with E-state index in [9.17, 15) is 14.0 Å². The number of carbonyl (C=O) groups excluding carboxylic acids is 2. The SMILES string of the molecule is COc1cc2nccc(Oc3nc(C)c(CC(=O)C4(C(=O)Cc5ccc(F)cc5)CC4)cc3Cl)c2cc1OC. The molecule has 0 aliphatic heterocycles. The van der Waals surface area contributed by atoms with Crippen LogP contribution in [-0.2, 0) is 22.4 Å². The molecule has 200 valence electrons. The smallest absolute Gasteiger partial charge is 0.238 e. The quantitative estimate of drug-likeness (QED) is 0.217. The molecule has 1 aliphatic carbocycles. The summed E-state index contributed by atoms with van der Waals surface area (Å²) in [6, 6.07) is 12.6. The summed E-state index contributed by atoms with van der Waals surface area (Å²) >= 11 is 6.55. The molecular formula is C30H26ClFN2O5. The molecule has 0 unspecified atom stereocenters. The van der Waals surface area contributed by atoms with Crippen LogP contribution < -0.4 is 14.2 Å². The van der Waals surface area contributed by atoms with Gasteiger partial charge in [-0.15, -0.1) is 0 Å². The van der Waals surface area contributed by atoms with Gasteiger partial charge in [-0.2, -0.15) is 0 Å². The van der Waals surface area contributed by atoms with E-state index in [-0.39, 0.29) is 41.1 Å². The molecule has 7 nitrogen and oxygen atoms in total. The van der Waals surface area contributed by atoms with E-state index in [1.54, 1.807) is 63.7 Å². The minimum Gasteiger partial charge on any atom is -0.493 e. The van der Waals surface area contributed by atoms with Gasteiger partial charge in [0, 0.05) is 36.2 Å². The van der Waals surface area contributed by atoms with Gasteiger partial charge in [-0.3, -0.25) is 14.6 Å². The summed E-state index contributed by atoms with van der Waals surface area (Å²) in [5.41, 5.74) is 1.52. The average molecular weight is 549 g/mol. The summed E-state index contributed by atoms with van der Waals surface area (Å²) in [6.45, 7) is 1.77. The molecule has 2 heterocycles. The number of rotatable bonds is 10. The van der Waals surface area contributed by atoms with Crippen LogP contribution in [0, 0.1) is 18.2 Å². The molecule has 9 heteroatoms. The average Bonchev–Trinajstić information content (AvgIpc) is 3.74. The van der Waals surface area contributed by atoms with Gasteiger partial charge in [0.2, 0.25) is 5.88 Å². The van der Waals surface area contributed by atoms with Crippen molar-refractivity contribution in [3.05, 3.63) is 82.4 Å². The summed E-state index contributed by atoms with van der Waals surface area (Å²) in [7, 11) is 3.10. The zero-order chi connectivity index (χ0) is 27.7. The molecule has 2 aromatic carbocycles. The predicted octanol–water partition coefficient (Wildman–Crippen LogP) is 6.24. The molecule has 5 rings (SSSR count). The van der Waals surface area contributed by atoms with Crippen molar-refractivity contribution in [2.24, 2.45) is 5.41 Å². The minimum absolute atomic E-state index is 0.0309. The van der Waals surface area contributed by atoms with Crippen molar-refractivity contribution in [2.75, 3.05) is 14.2 Å². The number of methoxy groups -OCH3 is 2. The van der Waals surface area contributed by atoms with Crippen LogP contribution in [0.4, 0.5) is 4.39 Å². The van der Waals surface area contributed by atoms with Gasteiger partial charge >= 0.3 is 0 Å². The largest absolute Gasteiger partial charge is 0.493 e. The summed E-state index contributed by atoms with van der Waals surface area (Å²) < 4.78 is 30.1. The lowest BCUT2D eigenvalue weighted by Crippen LogP contribution is -2.29. The van der Waals surface area contributed by atoms with Crippen molar-refractivity contribution >= 4 is 34.1 Å². The standard InChI is InChI=1S/C30H26ClFN2O5/c1-17-19(14-28(36)30(9-10-30)27(35)12-18-4-6-20(32)7-5-18)13-22(31)29(34-17)39-24-8-11-33-23-16-26(38-3)25(37-2)15-21(23)24/h4-8,11,13,15-16H,9-10,12,14H2,1-3H3. The molecule has 0 spiro atoms. The number of ether oxygens (including phenoxy) is 3. The zero-order valence-corrected chi connectivity index (χ0v) is 22.5. The van der Waals surface area contributed by atoms with Crippen molar-refractivity contribution in [1.29, 1.82) is 0 Å². The highest BCUT2D eigenvalue weighted by molar-refractivity contribution is 6.32. The Morgan fingerprint density at radius 3 is 2.28 bits per heavy atom. The normalized spacial score (nSPS) is 13.7. The van der Waals surface area contributed by atoms with E-state index < -0.39 is 5.41 Å². The van der Waals surface area contributed by atoms with Gasteiger partial charge in [-0.1, -0.05) is 23.7 Å². The van der Waals surface area contributed by atoms with Gasteiger partial charge in [0.1, 0.15) is 16.6 Å². The van der Waals surface area contributed by atoms with Crippen molar-refractivity contribution in [1.82, 2.24) is 9.97 Å². The summed E-state index contributed by atoms with van der Waals surface area (Å²) in [4.78, 5) is 35.2. The molecule has 39 heavy (non-hydrogen) atoms. The maximum absolute atomic E-state index is 13.3. The number of ketones is 2.